The molecule has 8 heteroatoms. The number of hydrogen-bond acceptors (Lipinski definition) is 4. The van der Waals surface area contributed by atoms with Crippen molar-refractivity contribution in [1.29, 1.82) is 0 Å². The number of piperidine rings is 1. The van der Waals surface area contributed by atoms with Crippen LogP contribution in [-0.2, 0) is 21.9 Å². The topological polar surface area (TPSA) is 84.3 Å². The van der Waals surface area contributed by atoms with Crippen LogP contribution in [0.2, 0.25) is 0 Å². The summed E-state index contributed by atoms with van der Waals surface area (Å²) < 4.78 is 29.1. The molecule has 0 aromatic carbocycles. The summed E-state index contributed by atoms with van der Waals surface area (Å²) in [5.41, 5.74) is 0.622. The van der Waals surface area contributed by atoms with Crippen molar-refractivity contribution in [2.45, 2.75) is 63.3 Å². The Morgan fingerprint density at radius 3 is 2.68 bits per heavy atom. The third-order valence-corrected chi connectivity index (χ3v) is 9.34. The highest BCUT2D eigenvalue weighted by molar-refractivity contribution is 7.89. The van der Waals surface area contributed by atoms with Gasteiger partial charge < -0.3 is 5.32 Å². The molecule has 28 heavy (non-hydrogen) atoms. The largest absolute Gasteiger partial charge is 0.353 e. The van der Waals surface area contributed by atoms with Crippen LogP contribution in [0.5, 0.6) is 0 Å². The van der Waals surface area contributed by atoms with Gasteiger partial charge in [-0.1, -0.05) is 6.42 Å². The van der Waals surface area contributed by atoms with Gasteiger partial charge in [0, 0.05) is 26.2 Å². The summed E-state index contributed by atoms with van der Waals surface area (Å²) in [6, 6.07) is 0.176. The minimum atomic E-state index is -3.62. The summed E-state index contributed by atoms with van der Waals surface area (Å²) in [6.45, 7) is 4.60. The van der Waals surface area contributed by atoms with Gasteiger partial charge in [0.05, 0.1) is 17.8 Å². The van der Waals surface area contributed by atoms with E-state index in [9.17, 15) is 13.2 Å². The maximum absolute atomic E-state index is 13.0. The second kappa shape index (κ2) is 7.44. The zero-order valence-corrected chi connectivity index (χ0v) is 17.9. The van der Waals surface area contributed by atoms with Crippen molar-refractivity contribution in [2.24, 2.45) is 30.7 Å². The first kappa shape index (κ1) is 19.9. The summed E-state index contributed by atoms with van der Waals surface area (Å²) in [4.78, 5) is 13.1. The summed E-state index contributed by atoms with van der Waals surface area (Å²) in [7, 11) is -1.89. The van der Waals surface area contributed by atoms with Gasteiger partial charge in [-0.3, -0.25) is 9.48 Å². The zero-order chi connectivity index (χ0) is 20.1. The van der Waals surface area contributed by atoms with Crippen LogP contribution in [0.4, 0.5) is 0 Å². The number of nitrogens with one attached hydrogen (secondary N) is 1. The molecule has 0 spiro atoms. The van der Waals surface area contributed by atoms with Crippen LogP contribution < -0.4 is 5.32 Å². The van der Waals surface area contributed by atoms with Crippen LogP contribution in [-0.4, -0.2) is 47.5 Å². The van der Waals surface area contributed by atoms with Gasteiger partial charge in [-0.15, -0.1) is 0 Å². The van der Waals surface area contributed by atoms with Crippen molar-refractivity contribution >= 4 is 15.9 Å². The van der Waals surface area contributed by atoms with Crippen molar-refractivity contribution in [1.82, 2.24) is 19.4 Å². The van der Waals surface area contributed by atoms with Crippen LogP contribution in [0.15, 0.2) is 11.1 Å². The van der Waals surface area contributed by atoms with Crippen LogP contribution >= 0.6 is 0 Å². The van der Waals surface area contributed by atoms with Crippen LogP contribution in [0.3, 0.4) is 0 Å². The molecule has 156 valence electrons. The quantitative estimate of drug-likeness (QED) is 0.808. The van der Waals surface area contributed by atoms with Gasteiger partial charge in [0.1, 0.15) is 4.90 Å². The number of hydrogen-bond donors (Lipinski definition) is 1. The molecule has 0 radical (unpaired) electrons. The normalized spacial score (nSPS) is 31.8. The molecule has 2 aliphatic carbocycles. The number of nitrogens with zero attached hydrogens (tertiary/aromatic N) is 3. The highest BCUT2D eigenvalue weighted by atomic mass is 32.2. The van der Waals surface area contributed by atoms with Crippen LogP contribution in [0, 0.1) is 30.6 Å². The summed E-state index contributed by atoms with van der Waals surface area (Å²) >= 11 is 0. The van der Waals surface area contributed by atoms with E-state index >= 15 is 0 Å². The Kier molecular flexibility index (Phi) is 5.29. The minimum absolute atomic E-state index is 0.0121. The molecule has 2 saturated carbocycles. The molecule has 3 aliphatic rings. The van der Waals surface area contributed by atoms with Gasteiger partial charge in [-0.05, 0) is 63.7 Å². The van der Waals surface area contributed by atoms with E-state index in [4.69, 9.17) is 0 Å². The first-order chi connectivity index (χ1) is 13.3. The van der Waals surface area contributed by atoms with Gasteiger partial charge in [-0.2, -0.15) is 9.40 Å². The molecular weight excluding hydrogens is 376 g/mol. The number of aromatic nitrogens is 2. The fourth-order valence-electron chi connectivity index (χ4n) is 5.60. The molecule has 2 bridgehead atoms. The molecule has 0 unspecified atom stereocenters. The number of carbonyl (C=O) groups is 1. The van der Waals surface area contributed by atoms with E-state index in [0.29, 0.717) is 24.6 Å². The zero-order valence-electron chi connectivity index (χ0n) is 17.1. The molecule has 4 rings (SSSR count). The van der Waals surface area contributed by atoms with Crippen molar-refractivity contribution in [3.8, 4) is 0 Å². The maximum Gasteiger partial charge on any atom is 0.246 e. The van der Waals surface area contributed by atoms with Crippen molar-refractivity contribution in [2.75, 3.05) is 13.1 Å². The van der Waals surface area contributed by atoms with E-state index in [1.165, 1.54) is 36.2 Å². The van der Waals surface area contributed by atoms with Crippen LogP contribution in [0.1, 0.15) is 51.1 Å². The lowest BCUT2D eigenvalue weighted by molar-refractivity contribution is -0.127. The molecular formula is C20H32N4O3S. The SMILES string of the molecule is Cc1c(S(=O)(=O)N2CCC[C@H](C(=O)N[C@@H](C)[C@@H]3C[C@H]4CC[C@H]3C4)C2)cnn1C. The third kappa shape index (κ3) is 3.49. The van der Waals surface area contributed by atoms with E-state index in [2.05, 4.69) is 17.3 Å². The third-order valence-electron chi connectivity index (χ3n) is 7.37. The number of rotatable bonds is 5. The van der Waals surface area contributed by atoms with Gasteiger partial charge in [0.2, 0.25) is 15.9 Å². The molecule has 1 aromatic heterocycles. The number of amides is 1. The smallest absolute Gasteiger partial charge is 0.246 e. The highest BCUT2D eigenvalue weighted by Gasteiger charge is 2.43. The Balaban J connectivity index is 1.40. The van der Waals surface area contributed by atoms with E-state index in [1.54, 1.807) is 18.7 Å². The highest BCUT2D eigenvalue weighted by Crippen LogP contribution is 2.49. The predicted molar refractivity (Wildman–Crippen MR) is 106 cm³/mol. The van der Waals surface area contributed by atoms with Crippen molar-refractivity contribution in [3.05, 3.63) is 11.9 Å². The van der Waals surface area contributed by atoms with E-state index < -0.39 is 10.0 Å². The fourth-order valence-corrected chi connectivity index (χ4v) is 7.31. The number of carbonyl (C=O) groups excluding carboxylic acids is 1. The lowest BCUT2D eigenvalue weighted by Crippen LogP contribution is -2.48. The molecule has 1 aromatic rings. The molecule has 3 fully saturated rings. The maximum atomic E-state index is 13.0. The molecule has 1 amide bonds. The summed E-state index contributed by atoms with van der Waals surface area (Å²) in [6.07, 6.45) is 8.07. The van der Waals surface area contributed by atoms with Gasteiger partial charge in [-0.25, -0.2) is 8.42 Å². The van der Waals surface area contributed by atoms with Gasteiger partial charge in [0.15, 0.2) is 0 Å². The second-order valence-corrected chi connectivity index (χ2v) is 11.0. The Labute approximate surface area is 167 Å². The molecule has 5 atom stereocenters. The Morgan fingerprint density at radius 1 is 1.29 bits per heavy atom. The molecule has 1 N–H and O–H groups in total. The van der Waals surface area contributed by atoms with E-state index in [-0.39, 0.29) is 29.3 Å². The van der Waals surface area contributed by atoms with Crippen molar-refractivity contribution < 1.29 is 13.2 Å². The van der Waals surface area contributed by atoms with Gasteiger partial charge >= 0.3 is 0 Å². The molecule has 1 saturated heterocycles. The fraction of sp³-hybridized carbons (Fsp3) is 0.800. The average Bonchev–Trinajstić information content (AvgIpc) is 3.39. The first-order valence-corrected chi connectivity index (χ1v) is 12.0. The number of fused-ring (bicyclic) bond motifs is 2. The predicted octanol–water partition coefficient (Wildman–Crippen LogP) is 2.07. The number of sulfonamides is 1. The summed E-state index contributed by atoms with van der Waals surface area (Å²) in [5, 5.41) is 7.29. The monoisotopic (exact) mass is 408 g/mol. The second-order valence-electron chi connectivity index (χ2n) is 9.06. The Hall–Kier alpha value is -1.41. The molecule has 1 aliphatic heterocycles. The molecule has 2 heterocycles. The lowest BCUT2D eigenvalue weighted by atomic mass is 9.83. The molecule has 7 nitrogen and oxygen atoms in total. The Bertz CT molecular complexity index is 850. The van der Waals surface area contributed by atoms with Gasteiger partial charge in [0.25, 0.3) is 0 Å². The summed E-state index contributed by atoms with van der Waals surface area (Å²) in [5.74, 6) is 1.94. The van der Waals surface area contributed by atoms with Crippen molar-refractivity contribution in [3.63, 3.8) is 0 Å². The van der Waals surface area contributed by atoms with E-state index in [1.807, 2.05) is 0 Å². The lowest BCUT2D eigenvalue weighted by Gasteiger charge is -2.33. The van der Waals surface area contributed by atoms with E-state index in [0.717, 1.165) is 18.3 Å². The van der Waals surface area contributed by atoms with Crippen LogP contribution in [0.25, 0.3) is 0 Å². The standard InChI is InChI=1S/C20H32N4O3S/c1-13(18-10-15-6-7-16(18)9-15)22-20(25)17-5-4-8-24(12-17)28(26,27)19-11-21-23(3)14(19)2/h11,13,15-18H,4-10,12H2,1-3H3,(H,22,25)/t13-,15-,16-,17-,18-/m0/s1. The average molecular weight is 409 g/mol. The number of aryl methyl sites for hydroxylation is 1. The minimum Gasteiger partial charge on any atom is -0.353 e. The Morgan fingerprint density at radius 2 is 2.07 bits per heavy atom. The first-order valence-electron chi connectivity index (χ1n) is 10.6.